The molecular weight excluding hydrogens is 443 g/mol. The Bertz CT molecular complexity index is 1320. The maximum Gasteiger partial charge on any atom is 0.345 e. The van der Waals surface area contributed by atoms with E-state index < -0.39 is 5.63 Å². The van der Waals surface area contributed by atoms with E-state index in [9.17, 15) is 14.4 Å². The fraction of sp³-hybridized carbons (Fsp3) is 0. The Labute approximate surface area is 171 Å². The van der Waals surface area contributed by atoms with Crippen molar-refractivity contribution in [1.82, 2.24) is 4.98 Å². The summed E-state index contributed by atoms with van der Waals surface area (Å²) in [5, 5.41) is 12.4. The number of benzene rings is 2. The van der Waals surface area contributed by atoms with Gasteiger partial charge in [-0.3, -0.25) is 0 Å². The topological polar surface area (TPSA) is 66.9 Å². The summed E-state index contributed by atoms with van der Waals surface area (Å²) in [7, 11) is 0. The van der Waals surface area contributed by atoms with Crippen LogP contribution in [0, 0.1) is 17.1 Å². The highest BCUT2D eigenvalue weighted by atomic mass is 79.9. The van der Waals surface area contributed by atoms with Crippen molar-refractivity contribution in [2.45, 2.75) is 0 Å². The van der Waals surface area contributed by atoms with Gasteiger partial charge in [0.15, 0.2) is 0 Å². The number of thiazole rings is 1. The van der Waals surface area contributed by atoms with Crippen molar-refractivity contribution in [3.05, 3.63) is 85.2 Å². The molecule has 4 rings (SSSR count). The van der Waals surface area contributed by atoms with Gasteiger partial charge in [-0.2, -0.15) is 5.26 Å². The van der Waals surface area contributed by atoms with Crippen molar-refractivity contribution in [2.24, 2.45) is 0 Å². The normalized spacial score (nSPS) is 11.5. The average Bonchev–Trinajstić information content (AvgIpc) is 3.17. The molecule has 0 aliphatic rings. The summed E-state index contributed by atoms with van der Waals surface area (Å²) in [5.41, 5.74) is 1.78. The fourth-order valence-corrected chi connectivity index (χ4v) is 3.83. The number of rotatable bonds is 3. The van der Waals surface area contributed by atoms with E-state index >= 15 is 0 Å². The Kier molecular flexibility index (Phi) is 4.90. The van der Waals surface area contributed by atoms with Crippen LogP contribution in [0.3, 0.4) is 0 Å². The molecule has 4 nitrogen and oxygen atoms in total. The third kappa shape index (κ3) is 3.65. The average molecular weight is 453 g/mol. The lowest BCUT2D eigenvalue weighted by Crippen LogP contribution is -2.02. The maximum atomic E-state index is 13.1. The zero-order valence-corrected chi connectivity index (χ0v) is 16.6. The van der Waals surface area contributed by atoms with Crippen molar-refractivity contribution in [3.63, 3.8) is 0 Å². The third-order valence-electron chi connectivity index (χ3n) is 4.01. The van der Waals surface area contributed by atoms with Crippen LogP contribution in [0.5, 0.6) is 0 Å². The summed E-state index contributed by atoms with van der Waals surface area (Å²) in [4.78, 5) is 16.8. The molecule has 4 aromatic rings. The molecule has 0 saturated heterocycles. The fourth-order valence-electron chi connectivity index (χ4n) is 2.66. The highest BCUT2D eigenvalue weighted by Gasteiger charge is 2.14. The molecule has 0 aliphatic carbocycles. The summed E-state index contributed by atoms with van der Waals surface area (Å²) in [6.07, 6.45) is 1.63. The standard InChI is InChI=1S/C21H10BrFN2O2S/c22-15-3-6-19-13(8-15)9-17(21(26)27-19)18-11-28-20(25-18)14(10-24)7-12-1-4-16(23)5-2-12/h1-9,11H/b14-7-. The van der Waals surface area contributed by atoms with Gasteiger partial charge in [-0.15, -0.1) is 11.3 Å². The van der Waals surface area contributed by atoms with Gasteiger partial charge in [0.2, 0.25) is 0 Å². The van der Waals surface area contributed by atoms with Gasteiger partial charge in [-0.1, -0.05) is 28.1 Å². The number of hydrogen-bond donors (Lipinski definition) is 0. The van der Waals surface area contributed by atoms with Gasteiger partial charge < -0.3 is 4.42 Å². The van der Waals surface area contributed by atoms with E-state index in [1.54, 1.807) is 41.8 Å². The molecule has 136 valence electrons. The van der Waals surface area contributed by atoms with E-state index in [1.165, 1.54) is 23.5 Å². The van der Waals surface area contributed by atoms with E-state index in [2.05, 4.69) is 27.0 Å². The van der Waals surface area contributed by atoms with Crippen molar-refractivity contribution in [1.29, 1.82) is 5.26 Å². The SMILES string of the molecule is N#C/C(=C/c1ccc(F)cc1)c1nc(-c2cc3cc(Br)ccc3oc2=O)cs1. The lowest BCUT2D eigenvalue weighted by Gasteiger charge is -2.00. The molecule has 28 heavy (non-hydrogen) atoms. The largest absolute Gasteiger partial charge is 0.422 e. The summed E-state index contributed by atoms with van der Waals surface area (Å²) in [6, 6.07) is 15.0. The van der Waals surface area contributed by atoms with Crippen LogP contribution < -0.4 is 5.63 Å². The molecule has 2 heterocycles. The number of nitriles is 1. The molecular formula is C21H10BrFN2O2S. The molecule has 0 saturated carbocycles. The monoisotopic (exact) mass is 452 g/mol. The maximum absolute atomic E-state index is 13.1. The number of hydrogen-bond acceptors (Lipinski definition) is 5. The molecule has 0 spiro atoms. The van der Waals surface area contributed by atoms with Gasteiger partial charge in [0.1, 0.15) is 22.5 Å². The van der Waals surface area contributed by atoms with Gasteiger partial charge in [0.05, 0.1) is 16.8 Å². The Morgan fingerprint density at radius 3 is 2.75 bits per heavy atom. The number of halogens is 2. The highest BCUT2D eigenvalue weighted by molar-refractivity contribution is 9.10. The molecule has 0 bridgehead atoms. The van der Waals surface area contributed by atoms with Crippen LogP contribution in [0.15, 0.2) is 67.6 Å². The summed E-state index contributed by atoms with van der Waals surface area (Å²) >= 11 is 4.65. The zero-order valence-electron chi connectivity index (χ0n) is 14.1. The molecule has 0 radical (unpaired) electrons. The van der Waals surface area contributed by atoms with Crippen molar-refractivity contribution < 1.29 is 8.81 Å². The van der Waals surface area contributed by atoms with Crippen molar-refractivity contribution in [2.75, 3.05) is 0 Å². The number of allylic oxidation sites excluding steroid dienone is 1. The van der Waals surface area contributed by atoms with Gasteiger partial charge in [0.25, 0.3) is 0 Å². The van der Waals surface area contributed by atoms with Crippen LogP contribution in [-0.4, -0.2) is 4.98 Å². The van der Waals surface area contributed by atoms with Crippen molar-refractivity contribution >= 4 is 49.9 Å². The minimum Gasteiger partial charge on any atom is -0.422 e. The number of aromatic nitrogens is 1. The second kappa shape index (κ2) is 7.50. The Morgan fingerprint density at radius 1 is 1.21 bits per heavy atom. The summed E-state index contributed by atoms with van der Waals surface area (Å²) in [6.45, 7) is 0. The van der Waals surface area contributed by atoms with E-state index in [-0.39, 0.29) is 5.82 Å². The Hall–Kier alpha value is -3.08. The van der Waals surface area contributed by atoms with Crippen LogP contribution in [0.4, 0.5) is 4.39 Å². The number of nitrogens with zero attached hydrogens (tertiary/aromatic N) is 2. The molecule has 0 N–H and O–H groups in total. The molecule has 0 unspecified atom stereocenters. The first-order valence-electron chi connectivity index (χ1n) is 8.10. The van der Waals surface area contributed by atoms with Gasteiger partial charge in [-0.25, -0.2) is 14.2 Å². The molecule has 7 heteroatoms. The van der Waals surface area contributed by atoms with Gasteiger partial charge in [0, 0.05) is 15.2 Å². The minimum atomic E-state index is -0.493. The van der Waals surface area contributed by atoms with E-state index in [1.807, 2.05) is 6.07 Å². The van der Waals surface area contributed by atoms with E-state index in [0.29, 0.717) is 33.0 Å². The first-order valence-corrected chi connectivity index (χ1v) is 9.78. The first-order chi connectivity index (χ1) is 13.5. The van der Waals surface area contributed by atoms with Crippen LogP contribution in [0.1, 0.15) is 10.6 Å². The Balaban J connectivity index is 1.75. The summed E-state index contributed by atoms with van der Waals surface area (Å²) in [5.74, 6) is -0.346. The lowest BCUT2D eigenvalue weighted by atomic mass is 10.1. The minimum absolute atomic E-state index is 0.326. The summed E-state index contributed by atoms with van der Waals surface area (Å²) < 4.78 is 19.3. The smallest absolute Gasteiger partial charge is 0.345 e. The van der Waals surface area contributed by atoms with E-state index in [4.69, 9.17) is 4.42 Å². The van der Waals surface area contributed by atoms with Crippen molar-refractivity contribution in [3.8, 4) is 17.3 Å². The molecule has 0 fully saturated rings. The quantitative estimate of drug-likeness (QED) is 0.287. The second-order valence-electron chi connectivity index (χ2n) is 5.89. The van der Waals surface area contributed by atoms with Gasteiger partial charge in [-0.05, 0) is 48.0 Å². The van der Waals surface area contributed by atoms with Crippen LogP contribution in [0.25, 0.3) is 33.9 Å². The molecule has 0 aliphatic heterocycles. The predicted molar refractivity (Wildman–Crippen MR) is 111 cm³/mol. The van der Waals surface area contributed by atoms with Crippen LogP contribution in [0.2, 0.25) is 0 Å². The molecule has 2 aromatic carbocycles. The zero-order chi connectivity index (χ0) is 19.7. The lowest BCUT2D eigenvalue weighted by molar-refractivity contribution is 0.563. The molecule has 0 amide bonds. The molecule has 2 aromatic heterocycles. The Morgan fingerprint density at radius 2 is 2.00 bits per heavy atom. The van der Waals surface area contributed by atoms with Gasteiger partial charge >= 0.3 is 5.63 Å². The predicted octanol–water partition coefficient (Wildman–Crippen LogP) is 5.88. The van der Waals surface area contributed by atoms with E-state index in [0.717, 1.165) is 9.86 Å². The molecule has 0 atom stereocenters. The van der Waals surface area contributed by atoms with Crippen LogP contribution in [-0.2, 0) is 0 Å². The third-order valence-corrected chi connectivity index (χ3v) is 5.38. The highest BCUT2D eigenvalue weighted by Crippen LogP contribution is 2.28. The number of fused-ring (bicyclic) bond motifs is 1. The first kappa shape index (κ1) is 18.3. The van der Waals surface area contributed by atoms with Crippen LogP contribution >= 0.6 is 27.3 Å². The second-order valence-corrected chi connectivity index (χ2v) is 7.66.